The van der Waals surface area contributed by atoms with Gasteiger partial charge in [0.1, 0.15) is 4.99 Å². The molecule has 0 bridgehead atoms. The Hall–Kier alpha value is -1.95. The topological polar surface area (TPSA) is 65.8 Å². The number of nitrogens with zero attached hydrogens (tertiary/aromatic N) is 3. The Kier molecular flexibility index (Phi) is 3.34. The minimum Gasteiger partial charge on any atom is -0.389 e. The number of aromatic nitrogens is 3. The quantitative estimate of drug-likeness (QED) is 0.794. The average Bonchev–Trinajstić information content (AvgIpc) is 2.80. The Labute approximate surface area is 103 Å². The molecule has 6 heteroatoms. The van der Waals surface area contributed by atoms with E-state index in [1.807, 2.05) is 12.3 Å². The lowest BCUT2D eigenvalue weighted by molar-refractivity contribution is 0.523. The summed E-state index contributed by atoms with van der Waals surface area (Å²) in [7, 11) is 0. The molecule has 0 amide bonds. The number of pyridine rings is 1. The van der Waals surface area contributed by atoms with Gasteiger partial charge < -0.3 is 10.3 Å². The molecule has 2 heterocycles. The van der Waals surface area contributed by atoms with Crippen LogP contribution in [0.4, 0.5) is 0 Å². The van der Waals surface area contributed by atoms with Crippen LogP contribution in [-0.4, -0.2) is 19.3 Å². The van der Waals surface area contributed by atoms with Crippen LogP contribution in [0.2, 0.25) is 0 Å². The van der Waals surface area contributed by atoms with Gasteiger partial charge in [-0.25, -0.2) is 0 Å². The predicted molar refractivity (Wildman–Crippen MR) is 68.8 cm³/mol. The average molecular weight is 248 g/mol. The lowest BCUT2D eigenvalue weighted by Crippen LogP contribution is -2.29. The van der Waals surface area contributed by atoms with E-state index in [1.54, 1.807) is 33.8 Å². The highest BCUT2D eigenvalue weighted by Gasteiger charge is 2.05. The number of nitrogens with two attached hydrogens (primary N) is 1. The first-order valence-corrected chi connectivity index (χ1v) is 5.56. The Morgan fingerprint density at radius 1 is 1.35 bits per heavy atom. The first-order valence-electron chi connectivity index (χ1n) is 5.15. The molecule has 2 rings (SSSR count). The molecule has 5 nitrogen and oxygen atoms in total. The number of thiocarbonyl (C=S) groups is 1. The Balaban J connectivity index is 2.19. The van der Waals surface area contributed by atoms with E-state index in [0.717, 1.165) is 0 Å². The molecule has 0 atom stereocenters. The zero-order valence-electron chi connectivity index (χ0n) is 9.11. The van der Waals surface area contributed by atoms with Crippen molar-refractivity contribution in [2.24, 2.45) is 5.73 Å². The van der Waals surface area contributed by atoms with Gasteiger partial charge in [-0.15, -0.1) is 0 Å². The summed E-state index contributed by atoms with van der Waals surface area (Å²) in [6, 6.07) is 5.24. The lowest BCUT2D eigenvalue weighted by atomic mass is 10.3. The molecule has 0 aromatic carbocycles. The van der Waals surface area contributed by atoms with Crippen LogP contribution in [-0.2, 0) is 13.1 Å². The number of aryl methyl sites for hydroxylation is 2. The first-order chi connectivity index (χ1) is 8.18. The molecular formula is C11H12N4OS. The van der Waals surface area contributed by atoms with Crippen LogP contribution in [0.3, 0.4) is 0 Å². The van der Waals surface area contributed by atoms with Gasteiger partial charge in [0.25, 0.3) is 5.56 Å². The van der Waals surface area contributed by atoms with E-state index in [2.05, 4.69) is 5.10 Å². The predicted octanol–water partition coefficient (Wildman–Crippen LogP) is 0.379. The van der Waals surface area contributed by atoms with Crippen molar-refractivity contribution in [1.82, 2.24) is 14.3 Å². The molecule has 0 radical (unpaired) electrons. The maximum atomic E-state index is 11.9. The Morgan fingerprint density at radius 2 is 2.18 bits per heavy atom. The van der Waals surface area contributed by atoms with Crippen molar-refractivity contribution >= 4 is 17.2 Å². The van der Waals surface area contributed by atoms with Crippen molar-refractivity contribution in [3.8, 4) is 0 Å². The van der Waals surface area contributed by atoms with Gasteiger partial charge in [0.15, 0.2) is 0 Å². The molecule has 17 heavy (non-hydrogen) atoms. The zero-order valence-corrected chi connectivity index (χ0v) is 9.93. The summed E-state index contributed by atoms with van der Waals surface area (Å²) in [5.41, 5.74) is 5.69. The minimum atomic E-state index is -0.160. The maximum Gasteiger partial charge on any atom is 0.260 e. The van der Waals surface area contributed by atoms with E-state index >= 15 is 0 Å². The van der Waals surface area contributed by atoms with Gasteiger partial charge in [-0.05, 0) is 18.2 Å². The first kappa shape index (κ1) is 11.5. The van der Waals surface area contributed by atoms with E-state index in [4.69, 9.17) is 18.0 Å². The van der Waals surface area contributed by atoms with Crippen LogP contribution in [0.15, 0.2) is 41.6 Å². The molecule has 88 valence electrons. The normalized spacial score (nSPS) is 10.4. The third-order valence-electron chi connectivity index (χ3n) is 2.41. The Bertz CT molecular complexity index is 573. The SMILES string of the molecule is NC(=S)c1cccn(CCn2cccn2)c1=O. The second-order valence-electron chi connectivity index (χ2n) is 3.55. The van der Waals surface area contributed by atoms with Crippen LogP contribution in [0.5, 0.6) is 0 Å². The largest absolute Gasteiger partial charge is 0.389 e. The van der Waals surface area contributed by atoms with Gasteiger partial charge in [0.2, 0.25) is 0 Å². The molecule has 0 aliphatic rings. The molecule has 0 aliphatic heterocycles. The summed E-state index contributed by atoms with van der Waals surface area (Å²) in [4.78, 5) is 12.1. The van der Waals surface area contributed by atoms with Crippen molar-refractivity contribution in [3.63, 3.8) is 0 Å². The molecule has 0 aliphatic carbocycles. The lowest BCUT2D eigenvalue weighted by Gasteiger charge is -2.07. The highest BCUT2D eigenvalue weighted by molar-refractivity contribution is 7.80. The van der Waals surface area contributed by atoms with E-state index in [0.29, 0.717) is 18.7 Å². The van der Waals surface area contributed by atoms with Gasteiger partial charge in [0, 0.05) is 25.1 Å². The van der Waals surface area contributed by atoms with Crippen molar-refractivity contribution in [1.29, 1.82) is 0 Å². The van der Waals surface area contributed by atoms with Crippen molar-refractivity contribution in [3.05, 3.63) is 52.7 Å². The van der Waals surface area contributed by atoms with Crippen LogP contribution < -0.4 is 11.3 Å². The maximum absolute atomic E-state index is 11.9. The van der Waals surface area contributed by atoms with Crippen LogP contribution in [0, 0.1) is 0 Å². The van der Waals surface area contributed by atoms with Gasteiger partial charge in [-0.2, -0.15) is 5.10 Å². The van der Waals surface area contributed by atoms with Crippen molar-refractivity contribution < 1.29 is 0 Å². The summed E-state index contributed by atoms with van der Waals surface area (Å²) in [6.45, 7) is 1.17. The van der Waals surface area contributed by atoms with Gasteiger partial charge >= 0.3 is 0 Å². The second kappa shape index (κ2) is 4.92. The molecule has 2 aromatic heterocycles. The van der Waals surface area contributed by atoms with Gasteiger partial charge in [-0.1, -0.05) is 12.2 Å². The molecule has 0 unspecified atom stereocenters. The summed E-state index contributed by atoms with van der Waals surface area (Å²) in [5, 5.41) is 4.07. The summed E-state index contributed by atoms with van der Waals surface area (Å²) < 4.78 is 3.34. The smallest absolute Gasteiger partial charge is 0.260 e. The fourth-order valence-corrected chi connectivity index (χ4v) is 1.70. The van der Waals surface area contributed by atoms with E-state index in [-0.39, 0.29) is 10.5 Å². The zero-order chi connectivity index (χ0) is 12.3. The molecule has 2 aromatic rings. The number of rotatable bonds is 4. The van der Waals surface area contributed by atoms with E-state index < -0.39 is 0 Å². The number of hydrogen-bond donors (Lipinski definition) is 1. The van der Waals surface area contributed by atoms with Crippen LogP contribution in [0.25, 0.3) is 0 Å². The second-order valence-corrected chi connectivity index (χ2v) is 3.99. The van der Waals surface area contributed by atoms with E-state index in [1.165, 1.54) is 0 Å². The van der Waals surface area contributed by atoms with E-state index in [9.17, 15) is 4.79 Å². The Morgan fingerprint density at radius 3 is 2.82 bits per heavy atom. The standard InChI is InChI=1S/C11H12N4OS/c12-10(17)9-3-1-5-14(11(9)16)7-8-15-6-2-4-13-15/h1-6H,7-8H2,(H2,12,17). The fourth-order valence-electron chi connectivity index (χ4n) is 1.54. The summed E-state index contributed by atoms with van der Waals surface area (Å²) in [5.74, 6) is 0. The highest BCUT2D eigenvalue weighted by Crippen LogP contribution is 1.93. The molecule has 0 spiro atoms. The summed E-state index contributed by atoms with van der Waals surface area (Å²) in [6.07, 6.45) is 5.27. The monoisotopic (exact) mass is 248 g/mol. The van der Waals surface area contributed by atoms with Gasteiger partial charge in [0.05, 0.1) is 12.1 Å². The van der Waals surface area contributed by atoms with Crippen LogP contribution in [0.1, 0.15) is 5.56 Å². The minimum absolute atomic E-state index is 0.128. The molecule has 0 fully saturated rings. The number of hydrogen-bond acceptors (Lipinski definition) is 3. The van der Waals surface area contributed by atoms with Crippen molar-refractivity contribution in [2.45, 2.75) is 13.1 Å². The van der Waals surface area contributed by atoms with Crippen LogP contribution >= 0.6 is 12.2 Å². The molecule has 0 saturated carbocycles. The molecule has 0 saturated heterocycles. The van der Waals surface area contributed by atoms with Gasteiger partial charge in [-0.3, -0.25) is 9.48 Å². The fraction of sp³-hybridized carbons (Fsp3) is 0.182. The summed E-state index contributed by atoms with van der Waals surface area (Å²) >= 11 is 4.82. The highest BCUT2D eigenvalue weighted by atomic mass is 32.1. The molecular weight excluding hydrogens is 236 g/mol. The third-order valence-corrected chi connectivity index (χ3v) is 2.63. The molecule has 2 N–H and O–H groups in total. The van der Waals surface area contributed by atoms with Crippen molar-refractivity contribution in [2.75, 3.05) is 0 Å². The third kappa shape index (κ3) is 2.59.